The Labute approximate surface area is 210 Å². The first-order valence-electron chi connectivity index (χ1n) is 11.8. The molecule has 4 aromatic rings. The molecule has 192 valence electrons. The van der Waals surface area contributed by atoms with E-state index in [0.717, 1.165) is 15.5 Å². The molecule has 0 saturated heterocycles. The number of amides is 2. The van der Waals surface area contributed by atoms with Crippen molar-refractivity contribution in [3.05, 3.63) is 81.1 Å². The molecule has 0 unspecified atom stereocenters. The van der Waals surface area contributed by atoms with Crippen molar-refractivity contribution in [1.29, 1.82) is 0 Å². The molecule has 0 spiro atoms. The maximum Gasteiger partial charge on any atom is 0.329 e. The summed E-state index contributed by atoms with van der Waals surface area (Å²) in [6, 6.07) is 11.5. The van der Waals surface area contributed by atoms with Gasteiger partial charge in [-0.2, -0.15) is 0 Å². The lowest BCUT2D eigenvalue weighted by Gasteiger charge is -2.25. The molecule has 0 fully saturated rings. The van der Waals surface area contributed by atoms with Crippen LogP contribution >= 0.6 is 0 Å². The number of benzene rings is 2. The second-order valence-electron chi connectivity index (χ2n) is 9.07. The number of aliphatic carboxylic acids is 1. The summed E-state index contributed by atoms with van der Waals surface area (Å²) in [6.45, 7) is 2.77. The number of para-hydroxylation sites is 2. The van der Waals surface area contributed by atoms with Gasteiger partial charge in [0.15, 0.2) is 0 Å². The Morgan fingerprint density at radius 2 is 1.59 bits per heavy atom. The van der Waals surface area contributed by atoms with Crippen LogP contribution in [0.15, 0.2) is 64.3 Å². The van der Waals surface area contributed by atoms with Gasteiger partial charge in [-0.25, -0.2) is 9.36 Å². The highest BCUT2D eigenvalue weighted by Gasteiger charge is 2.31. The van der Waals surface area contributed by atoms with E-state index in [-0.39, 0.29) is 11.8 Å². The summed E-state index contributed by atoms with van der Waals surface area (Å²) in [5.74, 6) is -3.04. The molecule has 0 saturated carbocycles. The van der Waals surface area contributed by atoms with Crippen LogP contribution in [0.2, 0.25) is 0 Å². The molecule has 0 aliphatic carbocycles. The smallest absolute Gasteiger partial charge is 0.329 e. The number of hydrogen-bond acceptors (Lipinski definition) is 5. The monoisotopic (exact) mass is 505 g/mol. The molecule has 4 rings (SSSR count). The second-order valence-corrected chi connectivity index (χ2v) is 9.07. The molecule has 2 aromatic carbocycles. The maximum absolute atomic E-state index is 13.7. The zero-order chi connectivity index (χ0) is 26.7. The van der Waals surface area contributed by atoms with Gasteiger partial charge in [0.1, 0.15) is 18.6 Å². The average Bonchev–Trinajstić information content (AvgIpc) is 3.27. The van der Waals surface area contributed by atoms with Crippen LogP contribution < -0.4 is 21.9 Å². The normalized spacial score (nSPS) is 12.9. The number of carbonyl (C=O) groups is 3. The van der Waals surface area contributed by atoms with Crippen molar-refractivity contribution >= 4 is 39.6 Å². The van der Waals surface area contributed by atoms with Gasteiger partial charge in [0.05, 0.1) is 10.9 Å². The largest absolute Gasteiger partial charge is 0.480 e. The zero-order valence-electron chi connectivity index (χ0n) is 20.3. The van der Waals surface area contributed by atoms with Crippen LogP contribution in [0.3, 0.4) is 0 Å². The summed E-state index contributed by atoms with van der Waals surface area (Å²) in [6.07, 6.45) is 1.70. The summed E-state index contributed by atoms with van der Waals surface area (Å²) in [5.41, 5.74) is 0.458. The molecular weight excluding hydrogens is 478 g/mol. The van der Waals surface area contributed by atoms with E-state index in [1.807, 2.05) is 24.3 Å². The van der Waals surface area contributed by atoms with Crippen LogP contribution in [0.25, 0.3) is 21.8 Å². The van der Waals surface area contributed by atoms with E-state index in [4.69, 9.17) is 5.11 Å². The number of carboxylic acids is 1. The van der Waals surface area contributed by atoms with Gasteiger partial charge in [-0.15, -0.1) is 0 Å². The number of fused-ring (bicyclic) bond motifs is 2. The van der Waals surface area contributed by atoms with E-state index in [0.29, 0.717) is 11.1 Å². The van der Waals surface area contributed by atoms with Gasteiger partial charge in [0.2, 0.25) is 11.8 Å². The van der Waals surface area contributed by atoms with Crippen molar-refractivity contribution in [3.8, 4) is 0 Å². The number of carbonyl (C=O) groups excluding carboxylic acids is 2. The molecule has 0 bridgehead atoms. The number of H-pyrrole nitrogens is 2. The molecule has 0 aliphatic heterocycles. The summed E-state index contributed by atoms with van der Waals surface area (Å²) < 4.78 is 0.867. The molecule has 0 aliphatic rings. The van der Waals surface area contributed by atoms with Gasteiger partial charge in [0, 0.05) is 23.5 Å². The number of nitrogens with one attached hydrogen (secondary N) is 4. The Bertz CT molecular complexity index is 1600. The lowest BCUT2D eigenvalue weighted by molar-refractivity contribution is -0.138. The summed E-state index contributed by atoms with van der Waals surface area (Å²) >= 11 is 0. The highest BCUT2D eigenvalue weighted by molar-refractivity contribution is 5.91. The summed E-state index contributed by atoms with van der Waals surface area (Å²) in [5, 5.41) is 14.9. The van der Waals surface area contributed by atoms with Crippen LogP contribution in [0.4, 0.5) is 0 Å². The van der Waals surface area contributed by atoms with E-state index >= 15 is 0 Å². The van der Waals surface area contributed by atoms with Crippen molar-refractivity contribution in [2.75, 3.05) is 6.54 Å². The predicted octanol–water partition coefficient (Wildman–Crippen LogP) is 1.30. The van der Waals surface area contributed by atoms with E-state index in [9.17, 15) is 24.0 Å². The van der Waals surface area contributed by atoms with Gasteiger partial charge in [-0.1, -0.05) is 44.2 Å². The number of aromatic nitrogens is 3. The molecule has 5 N–H and O–H groups in total. The fraction of sp³-hybridized carbons (Fsp3) is 0.269. The molecule has 11 nitrogen and oxygen atoms in total. The number of nitrogens with zero attached hydrogens (tertiary/aromatic N) is 1. The Balaban J connectivity index is 1.78. The SMILES string of the molecule is CC(C)[C@H](NC(=O)[C@H](Cc1c[nH]c2ccccc12)n1c(=O)[nH]c2ccccc2c1=O)C(=O)NCC(=O)O. The molecule has 37 heavy (non-hydrogen) atoms. The number of rotatable bonds is 9. The van der Waals surface area contributed by atoms with Crippen LogP contribution in [-0.4, -0.2) is 50.0 Å². The third-order valence-electron chi connectivity index (χ3n) is 6.20. The van der Waals surface area contributed by atoms with Gasteiger partial charge in [-0.3, -0.25) is 19.2 Å². The van der Waals surface area contributed by atoms with Crippen molar-refractivity contribution in [3.63, 3.8) is 0 Å². The van der Waals surface area contributed by atoms with E-state index in [1.54, 1.807) is 44.3 Å². The Morgan fingerprint density at radius 3 is 2.27 bits per heavy atom. The minimum Gasteiger partial charge on any atom is -0.480 e. The lowest BCUT2D eigenvalue weighted by atomic mass is 10.0. The van der Waals surface area contributed by atoms with Gasteiger partial charge < -0.3 is 25.7 Å². The minimum atomic E-state index is -1.30. The number of aromatic amines is 2. The third-order valence-corrected chi connectivity index (χ3v) is 6.20. The van der Waals surface area contributed by atoms with Gasteiger partial charge in [0.25, 0.3) is 5.56 Å². The Kier molecular flexibility index (Phi) is 7.23. The van der Waals surface area contributed by atoms with Gasteiger partial charge >= 0.3 is 11.7 Å². The highest BCUT2D eigenvalue weighted by Crippen LogP contribution is 2.23. The summed E-state index contributed by atoms with van der Waals surface area (Å²) in [7, 11) is 0. The Morgan fingerprint density at radius 1 is 0.946 bits per heavy atom. The van der Waals surface area contributed by atoms with Crippen molar-refractivity contribution in [2.45, 2.75) is 32.4 Å². The van der Waals surface area contributed by atoms with Crippen molar-refractivity contribution < 1.29 is 19.5 Å². The first kappa shape index (κ1) is 25.4. The number of carboxylic acid groups (broad SMARTS) is 1. The predicted molar refractivity (Wildman–Crippen MR) is 137 cm³/mol. The highest BCUT2D eigenvalue weighted by atomic mass is 16.4. The number of hydrogen-bond donors (Lipinski definition) is 5. The van der Waals surface area contributed by atoms with E-state index < -0.39 is 53.6 Å². The first-order chi connectivity index (χ1) is 17.7. The lowest BCUT2D eigenvalue weighted by Crippen LogP contribution is -2.54. The molecule has 2 amide bonds. The molecule has 2 atom stereocenters. The zero-order valence-corrected chi connectivity index (χ0v) is 20.3. The molecule has 2 heterocycles. The molecule has 2 aromatic heterocycles. The molecule has 11 heteroatoms. The van der Waals surface area contributed by atoms with Crippen LogP contribution in [0.1, 0.15) is 25.5 Å². The molecular formula is C26H27N5O6. The standard InChI is InChI=1S/C26H27N5O6/c1-14(2)22(24(35)28-13-21(32)33)30-23(34)20(11-15-12-27-18-9-5-3-7-16(15)18)31-25(36)17-8-4-6-10-19(17)29-26(31)37/h3-10,12,14,20,22,27H,11,13H2,1-2H3,(H,28,35)(H,29,37)(H,30,34)(H,32,33)/t20-,22-/m0/s1. The van der Waals surface area contributed by atoms with E-state index in [1.165, 1.54) is 0 Å². The van der Waals surface area contributed by atoms with Crippen LogP contribution in [-0.2, 0) is 20.8 Å². The minimum absolute atomic E-state index is 0.0151. The quantitative estimate of drug-likeness (QED) is 0.230. The first-order valence-corrected chi connectivity index (χ1v) is 11.8. The summed E-state index contributed by atoms with van der Waals surface area (Å²) in [4.78, 5) is 69.5. The van der Waals surface area contributed by atoms with E-state index in [2.05, 4.69) is 20.6 Å². The molecule has 0 radical (unpaired) electrons. The second kappa shape index (κ2) is 10.5. The third kappa shape index (κ3) is 5.30. The Hall–Kier alpha value is -4.67. The van der Waals surface area contributed by atoms with Gasteiger partial charge in [-0.05, 0) is 29.7 Å². The fourth-order valence-electron chi connectivity index (χ4n) is 4.33. The maximum atomic E-state index is 13.7. The van der Waals surface area contributed by atoms with Crippen LogP contribution in [0.5, 0.6) is 0 Å². The van der Waals surface area contributed by atoms with Crippen LogP contribution in [0, 0.1) is 5.92 Å². The average molecular weight is 506 g/mol. The fourth-order valence-corrected chi connectivity index (χ4v) is 4.33. The van der Waals surface area contributed by atoms with Crippen molar-refractivity contribution in [2.24, 2.45) is 5.92 Å². The topological polar surface area (TPSA) is 166 Å². The van der Waals surface area contributed by atoms with Crippen molar-refractivity contribution in [1.82, 2.24) is 25.2 Å².